The van der Waals surface area contributed by atoms with Gasteiger partial charge in [0.1, 0.15) is 0 Å². The van der Waals surface area contributed by atoms with Gasteiger partial charge < -0.3 is 0 Å². The lowest BCUT2D eigenvalue weighted by Crippen LogP contribution is -1.72. The van der Waals surface area contributed by atoms with Crippen molar-refractivity contribution < 1.29 is 0 Å². The maximum Gasteiger partial charge on any atom is 0.0907 e. The molecule has 1 heterocycles. The lowest BCUT2D eigenvalue weighted by atomic mass is 10.3. The first-order valence-electron chi connectivity index (χ1n) is 4.00. The van der Waals surface area contributed by atoms with Crippen molar-refractivity contribution in [3.05, 3.63) is 28.7 Å². The Morgan fingerprint density at radius 1 is 1.25 bits per heavy atom. The van der Waals surface area contributed by atoms with Gasteiger partial charge in [0.15, 0.2) is 0 Å². The van der Waals surface area contributed by atoms with Gasteiger partial charge in [-0.15, -0.1) is 11.3 Å². The van der Waals surface area contributed by atoms with E-state index in [2.05, 4.69) is 18.1 Å². The molecule has 0 aromatic carbocycles. The minimum absolute atomic E-state index is 0.942. The topological polar surface area (TPSA) is 12.9 Å². The monoisotopic (exact) mass is 181 g/mol. The molecule has 1 nitrogen and oxygen atoms in total. The Morgan fingerprint density at radius 3 is 2.17 bits per heavy atom. The zero-order valence-electron chi connectivity index (χ0n) is 7.92. The molecular weight excluding hydrogens is 166 g/mol. The Morgan fingerprint density at radius 2 is 1.83 bits per heavy atom. The molecule has 0 aliphatic rings. The first kappa shape index (κ1) is 11.1. The molecule has 0 aliphatic heterocycles. The SMILES string of the molecule is C=Cc1nc(C)sc1C=C.CC. The summed E-state index contributed by atoms with van der Waals surface area (Å²) in [6, 6.07) is 0. The molecule has 66 valence electrons. The largest absolute Gasteiger partial charge is 0.242 e. The van der Waals surface area contributed by atoms with E-state index in [1.54, 1.807) is 17.4 Å². The number of thiazole rings is 1. The molecule has 0 unspecified atom stereocenters. The molecule has 12 heavy (non-hydrogen) atoms. The molecule has 0 bridgehead atoms. The molecule has 0 atom stereocenters. The number of hydrogen-bond donors (Lipinski definition) is 0. The fourth-order valence-corrected chi connectivity index (χ4v) is 1.53. The normalized spacial score (nSPS) is 8.25. The zero-order valence-corrected chi connectivity index (χ0v) is 8.74. The van der Waals surface area contributed by atoms with Gasteiger partial charge in [0.2, 0.25) is 0 Å². The van der Waals surface area contributed by atoms with Gasteiger partial charge in [-0.05, 0) is 19.1 Å². The highest BCUT2D eigenvalue weighted by Gasteiger charge is 1.99. The average molecular weight is 181 g/mol. The fraction of sp³-hybridized carbons (Fsp3) is 0.300. The van der Waals surface area contributed by atoms with Crippen LogP contribution in [0.4, 0.5) is 0 Å². The predicted octanol–water partition coefficient (Wildman–Crippen LogP) is 3.76. The summed E-state index contributed by atoms with van der Waals surface area (Å²) < 4.78 is 0. The second-order valence-corrected chi connectivity index (χ2v) is 3.13. The first-order chi connectivity index (χ1) is 5.77. The van der Waals surface area contributed by atoms with Gasteiger partial charge in [-0.3, -0.25) is 0 Å². The van der Waals surface area contributed by atoms with E-state index in [-0.39, 0.29) is 0 Å². The van der Waals surface area contributed by atoms with Crippen molar-refractivity contribution in [1.29, 1.82) is 0 Å². The summed E-state index contributed by atoms with van der Waals surface area (Å²) in [5.41, 5.74) is 0.942. The highest BCUT2D eigenvalue weighted by Crippen LogP contribution is 2.19. The van der Waals surface area contributed by atoms with Crippen LogP contribution in [0.3, 0.4) is 0 Å². The van der Waals surface area contributed by atoms with E-state index in [4.69, 9.17) is 0 Å². The molecule has 0 N–H and O–H groups in total. The summed E-state index contributed by atoms with van der Waals surface area (Å²) >= 11 is 1.64. The van der Waals surface area contributed by atoms with Gasteiger partial charge in [-0.25, -0.2) is 4.98 Å². The molecule has 2 heteroatoms. The molecule has 0 fully saturated rings. The molecule has 0 radical (unpaired) electrons. The standard InChI is InChI=1S/C8H9NS.C2H6/c1-4-7-8(5-2)10-6(3)9-7;1-2/h4-5H,1-2H2,3H3;1-2H3. The predicted molar refractivity (Wildman–Crippen MR) is 58.4 cm³/mol. The zero-order chi connectivity index (χ0) is 9.56. The first-order valence-corrected chi connectivity index (χ1v) is 4.82. The molecule has 0 amide bonds. The Kier molecular flexibility index (Phi) is 5.30. The number of aromatic nitrogens is 1. The van der Waals surface area contributed by atoms with E-state index in [1.165, 1.54) is 0 Å². The van der Waals surface area contributed by atoms with E-state index in [0.29, 0.717) is 0 Å². The highest BCUT2D eigenvalue weighted by molar-refractivity contribution is 7.12. The lowest BCUT2D eigenvalue weighted by Gasteiger charge is -1.83. The lowest BCUT2D eigenvalue weighted by molar-refractivity contribution is 1.27. The number of rotatable bonds is 2. The van der Waals surface area contributed by atoms with Crippen molar-refractivity contribution in [2.24, 2.45) is 0 Å². The van der Waals surface area contributed by atoms with E-state index in [0.717, 1.165) is 15.6 Å². The van der Waals surface area contributed by atoms with Crippen LogP contribution in [0.1, 0.15) is 29.4 Å². The molecule has 0 saturated heterocycles. The second kappa shape index (κ2) is 5.72. The van der Waals surface area contributed by atoms with Gasteiger partial charge in [-0.1, -0.05) is 27.0 Å². The number of aryl methyl sites for hydroxylation is 1. The summed E-state index contributed by atoms with van der Waals surface area (Å²) in [6.45, 7) is 13.3. The van der Waals surface area contributed by atoms with Crippen LogP contribution in [0.25, 0.3) is 12.2 Å². The second-order valence-electron chi connectivity index (χ2n) is 1.89. The van der Waals surface area contributed by atoms with Gasteiger partial charge in [0.05, 0.1) is 15.6 Å². The maximum atomic E-state index is 4.23. The quantitative estimate of drug-likeness (QED) is 0.677. The summed E-state index contributed by atoms with van der Waals surface area (Å²) in [4.78, 5) is 5.33. The van der Waals surface area contributed by atoms with Crippen LogP contribution in [0.5, 0.6) is 0 Å². The van der Waals surface area contributed by atoms with Crippen LogP contribution in [0.2, 0.25) is 0 Å². The number of nitrogens with zero attached hydrogens (tertiary/aromatic N) is 1. The van der Waals surface area contributed by atoms with Gasteiger partial charge in [-0.2, -0.15) is 0 Å². The van der Waals surface area contributed by atoms with Gasteiger partial charge >= 0.3 is 0 Å². The van der Waals surface area contributed by atoms with Crippen molar-refractivity contribution in [1.82, 2.24) is 4.98 Å². The number of hydrogen-bond acceptors (Lipinski definition) is 2. The summed E-state index contributed by atoms with van der Waals surface area (Å²) in [6.07, 6.45) is 3.56. The van der Waals surface area contributed by atoms with Crippen LogP contribution >= 0.6 is 11.3 Å². The molecule has 1 aromatic rings. The highest BCUT2D eigenvalue weighted by atomic mass is 32.1. The van der Waals surface area contributed by atoms with Crippen LogP contribution in [-0.4, -0.2) is 4.98 Å². The van der Waals surface area contributed by atoms with Crippen LogP contribution in [0, 0.1) is 6.92 Å². The average Bonchev–Trinajstić information content (AvgIpc) is 2.49. The van der Waals surface area contributed by atoms with Crippen molar-refractivity contribution in [2.75, 3.05) is 0 Å². The Hall–Kier alpha value is -0.890. The fourth-order valence-electron chi connectivity index (χ4n) is 0.751. The third-order valence-corrected chi connectivity index (χ3v) is 2.15. The van der Waals surface area contributed by atoms with Gasteiger partial charge in [0, 0.05) is 0 Å². The minimum atomic E-state index is 0.942. The Balaban J connectivity index is 0.000000561. The molecular formula is C10H15NS. The summed E-state index contributed by atoms with van der Waals surface area (Å²) in [7, 11) is 0. The van der Waals surface area contributed by atoms with E-state index in [1.807, 2.05) is 26.8 Å². The maximum absolute atomic E-state index is 4.23. The van der Waals surface area contributed by atoms with Gasteiger partial charge in [0.25, 0.3) is 0 Å². The van der Waals surface area contributed by atoms with Crippen molar-refractivity contribution in [3.63, 3.8) is 0 Å². The Labute approximate surface area is 78.5 Å². The molecule has 1 aromatic heterocycles. The van der Waals surface area contributed by atoms with Crippen molar-refractivity contribution in [2.45, 2.75) is 20.8 Å². The smallest absolute Gasteiger partial charge is 0.0907 e. The van der Waals surface area contributed by atoms with Crippen LogP contribution < -0.4 is 0 Å². The van der Waals surface area contributed by atoms with Crippen LogP contribution in [0.15, 0.2) is 13.2 Å². The van der Waals surface area contributed by atoms with Crippen molar-refractivity contribution in [3.8, 4) is 0 Å². The van der Waals surface area contributed by atoms with Crippen molar-refractivity contribution >= 4 is 23.5 Å². The third-order valence-electron chi connectivity index (χ3n) is 1.17. The van der Waals surface area contributed by atoms with E-state index >= 15 is 0 Å². The molecule has 0 spiro atoms. The van der Waals surface area contributed by atoms with E-state index < -0.39 is 0 Å². The third kappa shape index (κ3) is 2.62. The minimum Gasteiger partial charge on any atom is -0.242 e. The molecule has 0 aliphatic carbocycles. The Bertz CT molecular complexity index is 235. The van der Waals surface area contributed by atoms with E-state index in [9.17, 15) is 0 Å². The summed E-state index contributed by atoms with van der Waals surface area (Å²) in [5.74, 6) is 0. The molecule has 1 rings (SSSR count). The molecule has 0 saturated carbocycles. The van der Waals surface area contributed by atoms with Crippen LogP contribution in [-0.2, 0) is 0 Å². The summed E-state index contributed by atoms with van der Waals surface area (Å²) in [5, 5.41) is 1.06.